The zero-order valence-electron chi connectivity index (χ0n) is 11.5. The van der Waals surface area contributed by atoms with Crippen LogP contribution in [0.3, 0.4) is 0 Å². The Morgan fingerprint density at radius 1 is 0.875 bits per heavy atom. The van der Waals surface area contributed by atoms with Crippen molar-refractivity contribution in [2.24, 2.45) is 0 Å². The van der Waals surface area contributed by atoms with E-state index in [0.717, 1.165) is 0 Å². The fourth-order valence-electron chi connectivity index (χ4n) is 2.17. The first kappa shape index (κ1) is 16.6. The van der Waals surface area contributed by atoms with Crippen LogP contribution in [0, 0.1) is 0 Å². The van der Waals surface area contributed by atoms with Crippen molar-refractivity contribution in [2.45, 2.75) is 12.4 Å². The average Bonchev–Trinajstić information content (AvgIpc) is 2.90. The monoisotopic (exact) mass is 365 g/mol. The smallest absolute Gasteiger partial charge is 0.416 e. The van der Waals surface area contributed by atoms with Crippen LogP contribution in [0.4, 0.5) is 26.3 Å². The van der Waals surface area contributed by atoms with Crippen LogP contribution in [0.15, 0.2) is 40.9 Å². The molecule has 0 aliphatic rings. The first-order valence-electron chi connectivity index (χ1n) is 6.39. The van der Waals surface area contributed by atoms with Crippen molar-refractivity contribution >= 4 is 22.6 Å². The summed E-state index contributed by atoms with van der Waals surface area (Å²) in [4.78, 5) is 3.74. The zero-order chi connectivity index (χ0) is 17.7. The van der Waals surface area contributed by atoms with E-state index in [1.807, 2.05) is 0 Å². The molecule has 2 heterocycles. The van der Waals surface area contributed by atoms with Gasteiger partial charge < -0.3 is 4.42 Å². The molecule has 1 aromatic carbocycles. The molecule has 3 aromatic rings. The summed E-state index contributed by atoms with van der Waals surface area (Å²) in [5.41, 5.74) is -3.11. The molecule has 0 aliphatic heterocycles. The highest BCUT2D eigenvalue weighted by Crippen LogP contribution is 2.40. The van der Waals surface area contributed by atoms with Crippen molar-refractivity contribution in [2.75, 3.05) is 0 Å². The van der Waals surface area contributed by atoms with Gasteiger partial charge in [0.2, 0.25) is 0 Å². The maximum Gasteiger partial charge on any atom is 0.416 e. The Bertz CT molecular complexity index is 880. The van der Waals surface area contributed by atoms with Crippen LogP contribution < -0.4 is 0 Å². The topological polar surface area (TPSA) is 26.0 Å². The van der Waals surface area contributed by atoms with Gasteiger partial charge in [0.25, 0.3) is 0 Å². The highest BCUT2D eigenvalue weighted by molar-refractivity contribution is 6.33. The Kier molecular flexibility index (Phi) is 3.75. The molecule has 0 saturated carbocycles. The number of rotatable bonds is 1. The van der Waals surface area contributed by atoms with Gasteiger partial charge in [-0.3, -0.25) is 0 Å². The number of furan rings is 1. The van der Waals surface area contributed by atoms with E-state index < -0.39 is 23.5 Å². The second kappa shape index (κ2) is 5.41. The van der Waals surface area contributed by atoms with Crippen LogP contribution in [0.1, 0.15) is 11.1 Å². The predicted molar refractivity (Wildman–Crippen MR) is 74.5 cm³/mol. The minimum absolute atomic E-state index is 0.0400. The normalized spacial score (nSPS) is 12.8. The van der Waals surface area contributed by atoms with Crippen LogP contribution in [-0.2, 0) is 12.4 Å². The number of nitrogens with zero attached hydrogens (tertiary/aromatic N) is 1. The van der Waals surface area contributed by atoms with Gasteiger partial charge in [0.05, 0.1) is 11.1 Å². The molecule has 0 fully saturated rings. The first-order chi connectivity index (χ1) is 11.1. The van der Waals surface area contributed by atoms with Gasteiger partial charge in [0, 0.05) is 17.1 Å². The van der Waals surface area contributed by atoms with Gasteiger partial charge in [0.15, 0.2) is 10.7 Å². The van der Waals surface area contributed by atoms with Gasteiger partial charge in [-0.25, -0.2) is 4.98 Å². The Hall–Kier alpha value is -2.22. The molecule has 9 heteroatoms. The van der Waals surface area contributed by atoms with Crippen molar-refractivity contribution in [1.29, 1.82) is 0 Å². The molecule has 0 amide bonds. The summed E-state index contributed by atoms with van der Waals surface area (Å²) < 4.78 is 82.6. The molecule has 3 rings (SSSR count). The highest BCUT2D eigenvalue weighted by atomic mass is 35.5. The van der Waals surface area contributed by atoms with E-state index in [1.54, 1.807) is 0 Å². The first-order valence-corrected chi connectivity index (χ1v) is 6.77. The van der Waals surface area contributed by atoms with E-state index in [4.69, 9.17) is 16.0 Å². The van der Waals surface area contributed by atoms with Gasteiger partial charge in [0.1, 0.15) is 5.76 Å². The number of hydrogen-bond donors (Lipinski definition) is 0. The van der Waals surface area contributed by atoms with Gasteiger partial charge >= 0.3 is 12.4 Å². The molecule has 0 bridgehead atoms. The van der Waals surface area contributed by atoms with Crippen LogP contribution in [0.25, 0.3) is 22.3 Å². The van der Waals surface area contributed by atoms with E-state index in [0.29, 0.717) is 17.5 Å². The van der Waals surface area contributed by atoms with Crippen molar-refractivity contribution in [3.63, 3.8) is 0 Å². The number of aromatic nitrogens is 1. The zero-order valence-corrected chi connectivity index (χ0v) is 12.2. The van der Waals surface area contributed by atoms with Crippen LogP contribution in [0.5, 0.6) is 0 Å². The molecule has 0 atom stereocenters. The summed E-state index contributed by atoms with van der Waals surface area (Å²) >= 11 is 5.80. The second-order valence-corrected chi connectivity index (χ2v) is 5.28. The number of pyridine rings is 1. The summed E-state index contributed by atoms with van der Waals surface area (Å²) in [7, 11) is 0. The van der Waals surface area contributed by atoms with Crippen molar-refractivity contribution in [3.8, 4) is 11.3 Å². The molecule has 0 aliphatic carbocycles. The molecule has 0 saturated heterocycles. The maximum absolute atomic E-state index is 12.9. The Labute approximate surface area is 135 Å². The molecule has 0 N–H and O–H groups in total. The Balaban J connectivity index is 2.23. The molecule has 2 aromatic heterocycles. The number of alkyl halides is 6. The maximum atomic E-state index is 12.9. The van der Waals surface area contributed by atoms with Gasteiger partial charge in [-0.2, -0.15) is 26.3 Å². The van der Waals surface area contributed by atoms with Gasteiger partial charge in [-0.1, -0.05) is 11.6 Å². The van der Waals surface area contributed by atoms with E-state index in [-0.39, 0.29) is 28.1 Å². The Morgan fingerprint density at radius 2 is 1.46 bits per heavy atom. The molecular weight excluding hydrogens is 360 g/mol. The fourth-order valence-corrected chi connectivity index (χ4v) is 2.38. The lowest BCUT2D eigenvalue weighted by Crippen LogP contribution is -2.10. The van der Waals surface area contributed by atoms with E-state index in [2.05, 4.69) is 4.98 Å². The SMILES string of the molecule is FC(F)(F)c1cc(-c2cc3ccnc(Cl)c3o2)cc(C(F)(F)F)c1. The third kappa shape index (κ3) is 3.06. The number of hydrogen-bond acceptors (Lipinski definition) is 2. The van der Waals surface area contributed by atoms with E-state index in [1.165, 1.54) is 18.3 Å². The van der Waals surface area contributed by atoms with Crippen molar-refractivity contribution < 1.29 is 30.8 Å². The quantitative estimate of drug-likeness (QED) is 0.380. The van der Waals surface area contributed by atoms with Crippen molar-refractivity contribution in [3.05, 3.63) is 52.8 Å². The predicted octanol–water partition coefficient (Wildman–Crippen LogP) is 6.19. The summed E-state index contributed by atoms with van der Waals surface area (Å²) in [6, 6.07) is 4.02. The molecule has 0 spiro atoms. The number of fused-ring (bicyclic) bond motifs is 1. The van der Waals surface area contributed by atoms with E-state index >= 15 is 0 Å². The highest BCUT2D eigenvalue weighted by Gasteiger charge is 2.37. The van der Waals surface area contributed by atoms with Gasteiger partial charge in [-0.15, -0.1) is 0 Å². The fraction of sp³-hybridized carbons (Fsp3) is 0.133. The third-order valence-electron chi connectivity index (χ3n) is 3.26. The second-order valence-electron chi connectivity index (χ2n) is 4.93. The molecule has 126 valence electrons. The summed E-state index contributed by atoms with van der Waals surface area (Å²) in [5.74, 6) is -0.170. The van der Waals surface area contributed by atoms with Crippen molar-refractivity contribution in [1.82, 2.24) is 4.98 Å². The molecule has 24 heavy (non-hydrogen) atoms. The standard InChI is InChI=1S/C15H6ClF6NO/c16-13-12-7(1-2-23-13)5-11(24-12)8-3-9(14(17,18)19)6-10(4-8)15(20,21)22/h1-6H. The van der Waals surface area contributed by atoms with Crippen LogP contribution >= 0.6 is 11.6 Å². The van der Waals surface area contributed by atoms with E-state index in [9.17, 15) is 26.3 Å². The lowest BCUT2D eigenvalue weighted by molar-refractivity contribution is -0.143. The lowest BCUT2D eigenvalue weighted by Gasteiger charge is -2.13. The van der Waals surface area contributed by atoms with Gasteiger partial charge in [-0.05, 0) is 30.3 Å². The number of halogens is 7. The number of benzene rings is 1. The minimum Gasteiger partial charge on any atom is -0.453 e. The molecule has 0 radical (unpaired) electrons. The molecule has 0 unspecified atom stereocenters. The lowest BCUT2D eigenvalue weighted by atomic mass is 10.0. The third-order valence-corrected chi connectivity index (χ3v) is 3.53. The average molecular weight is 366 g/mol. The Morgan fingerprint density at radius 3 is 1.96 bits per heavy atom. The summed E-state index contributed by atoms with van der Waals surface area (Å²) in [6.45, 7) is 0. The summed E-state index contributed by atoms with van der Waals surface area (Å²) in [6.07, 6.45) is -8.51. The van der Waals surface area contributed by atoms with Crippen LogP contribution in [0.2, 0.25) is 5.15 Å². The van der Waals surface area contributed by atoms with Crippen LogP contribution in [-0.4, -0.2) is 4.98 Å². The molecule has 2 nitrogen and oxygen atoms in total. The largest absolute Gasteiger partial charge is 0.453 e. The molecular formula is C15H6ClF6NO. The summed E-state index contributed by atoms with van der Waals surface area (Å²) in [5, 5.41) is 0.373. The minimum atomic E-state index is -4.93.